The molecule has 2 heterocycles. The van der Waals surface area contributed by atoms with E-state index in [1.54, 1.807) is 0 Å². The summed E-state index contributed by atoms with van der Waals surface area (Å²) in [5, 5.41) is 11.1. The van der Waals surface area contributed by atoms with Crippen LogP contribution < -0.4 is 16.0 Å². The number of pyridine rings is 1. The quantitative estimate of drug-likeness (QED) is 0.739. The largest absolute Gasteiger partial charge is 0.368 e. The van der Waals surface area contributed by atoms with Gasteiger partial charge in [0, 0.05) is 24.2 Å². The van der Waals surface area contributed by atoms with Gasteiger partial charge >= 0.3 is 6.03 Å². The van der Waals surface area contributed by atoms with E-state index >= 15 is 0 Å². The molecule has 0 unspecified atom stereocenters. The molecule has 106 valence electrons. The van der Waals surface area contributed by atoms with E-state index in [0.717, 1.165) is 17.2 Å². The fourth-order valence-electron chi connectivity index (χ4n) is 1.56. The van der Waals surface area contributed by atoms with E-state index < -0.39 is 0 Å². The lowest BCUT2D eigenvalue weighted by molar-refractivity contribution is 0.252. The van der Waals surface area contributed by atoms with Gasteiger partial charge in [-0.25, -0.2) is 14.8 Å². The van der Waals surface area contributed by atoms with Gasteiger partial charge in [0.05, 0.1) is 5.69 Å². The van der Waals surface area contributed by atoms with Gasteiger partial charge in [-0.3, -0.25) is 5.32 Å². The van der Waals surface area contributed by atoms with Crippen molar-refractivity contribution >= 4 is 28.3 Å². The first-order chi connectivity index (χ1) is 9.63. The van der Waals surface area contributed by atoms with Gasteiger partial charge in [-0.15, -0.1) is 11.3 Å². The Hall–Kier alpha value is -2.15. The zero-order valence-corrected chi connectivity index (χ0v) is 12.3. The lowest BCUT2D eigenvalue weighted by Gasteiger charge is -2.07. The second-order valence-corrected chi connectivity index (χ2v) is 5.12. The van der Waals surface area contributed by atoms with E-state index in [0.29, 0.717) is 18.2 Å². The third kappa shape index (κ3) is 4.51. The number of nitrogens with one attached hydrogen (secondary N) is 3. The predicted octanol–water partition coefficient (Wildman–Crippen LogP) is 2.39. The lowest BCUT2D eigenvalue weighted by atomic mass is 10.4. The summed E-state index contributed by atoms with van der Waals surface area (Å²) in [6.45, 7) is 4.94. The minimum Gasteiger partial charge on any atom is -0.368 e. The van der Waals surface area contributed by atoms with Gasteiger partial charge in [0.2, 0.25) is 0 Å². The van der Waals surface area contributed by atoms with E-state index in [1.807, 2.05) is 37.4 Å². The zero-order valence-electron chi connectivity index (χ0n) is 11.4. The number of rotatable bonds is 5. The van der Waals surface area contributed by atoms with Gasteiger partial charge in [-0.05, 0) is 26.0 Å². The second kappa shape index (κ2) is 6.85. The Bertz CT molecular complexity index is 584. The minimum atomic E-state index is -0.252. The molecule has 0 radical (unpaired) electrons. The SMILES string of the molecule is Cc1cccc(NCCNC(=O)Nc2nc(C)cs2)n1. The fourth-order valence-corrected chi connectivity index (χ4v) is 2.24. The van der Waals surface area contributed by atoms with Gasteiger partial charge in [0.25, 0.3) is 0 Å². The number of carbonyl (C=O) groups excluding carboxylic acids is 1. The molecular weight excluding hydrogens is 274 g/mol. The maximum Gasteiger partial charge on any atom is 0.321 e. The Labute approximate surface area is 121 Å². The van der Waals surface area contributed by atoms with Crippen molar-refractivity contribution in [2.24, 2.45) is 0 Å². The molecule has 6 nitrogen and oxygen atoms in total. The van der Waals surface area contributed by atoms with Crippen molar-refractivity contribution < 1.29 is 4.79 Å². The average molecular weight is 291 g/mol. The predicted molar refractivity (Wildman–Crippen MR) is 81.3 cm³/mol. The first kappa shape index (κ1) is 14.3. The smallest absolute Gasteiger partial charge is 0.321 e. The van der Waals surface area contributed by atoms with Crippen LogP contribution in [-0.2, 0) is 0 Å². The number of aromatic nitrogens is 2. The maximum absolute atomic E-state index is 11.6. The number of anilines is 2. The highest BCUT2D eigenvalue weighted by atomic mass is 32.1. The molecule has 0 aliphatic carbocycles. The maximum atomic E-state index is 11.6. The molecule has 0 saturated carbocycles. The molecule has 0 aliphatic rings. The van der Waals surface area contributed by atoms with Crippen molar-refractivity contribution in [1.29, 1.82) is 0 Å². The topological polar surface area (TPSA) is 78.9 Å². The van der Waals surface area contributed by atoms with E-state index in [4.69, 9.17) is 0 Å². The number of nitrogens with zero attached hydrogens (tertiary/aromatic N) is 2. The molecule has 2 amide bonds. The minimum absolute atomic E-state index is 0.252. The summed E-state index contributed by atoms with van der Waals surface area (Å²) in [7, 11) is 0. The Morgan fingerprint density at radius 2 is 2.05 bits per heavy atom. The monoisotopic (exact) mass is 291 g/mol. The van der Waals surface area contributed by atoms with Crippen LogP contribution >= 0.6 is 11.3 Å². The Morgan fingerprint density at radius 1 is 1.20 bits per heavy atom. The van der Waals surface area contributed by atoms with Gasteiger partial charge in [0.15, 0.2) is 5.13 Å². The molecule has 3 N–H and O–H groups in total. The highest BCUT2D eigenvalue weighted by Gasteiger charge is 2.03. The molecule has 0 atom stereocenters. The molecule has 2 rings (SSSR count). The standard InChI is InChI=1S/C13H17N5OS/c1-9-4-3-5-11(16-9)14-6-7-15-12(19)18-13-17-10(2)8-20-13/h3-5,8H,6-7H2,1-2H3,(H,14,16)(H2,15,17,18,19). The second-order valence-electron chi connectivity index (χ2n) is 4.27. The van der Waals surface area contributed by atoms with Crippen LogP contribution in [0.15, 0.2) is 23.6 Å². The number of amides is 2. The number of aryl methyl sites for hydroxylation is 2. The summed E-state index contributed by atoms with van der Waals surface area (Å²) < 4.78 is 0. The molecule has 0 saturated heterocycles. The van der Waals surface area contributed by atoms with Crippen LogP contribution in [0.3, 0.4) is 0 Å². The van der Waals surface area contributed by atoms with Crippen LogP contribution in [0.1, 0.15) is 11.4 Å². The van der Waals surface area contributed by atoms with Crippen molar-refractivity contribution in [1.82, 2.24) is 15.3 Å². The number of carbonyl (C=O) groups is 1. The number of urea groups is 1. The van der Waals surface area contributed by atoms with Crippen molar-refractivity contribution in [3.8, 4) is 0 Å². The zero-order chi connectivity index (χ0) is 14.4. The summed E-state index contributed by atoms with van der Waals surface area (Å²) >= 11 is 1.41. The highest BCUT2D eigenvalue weighted by Crippen LogP contribution is 2.13. The summed E-state index contributed by atoms with van der Waals surface area (Å²) in [5.41, 5.74) is 1.86. The van der Waals surface area contributed by atoms with Crippen LogP contribution in [0.25, 0.3) is 0 Å². The molecule has 7 heteroatoms. The van der Waals surface area contributed by atoms with Crippen molar-refractivity contribution in [3.63, 3.8) is 0 Å². The van der Waals surface area contributed by atoms with Gasteiger partial charge in [-0.2, -0.15) is 0 Å². The van der Waals surface area contributed by atoms with Crippen LogP contribution in [0.4, 0.5) is 15.7 Å². The molecule has 2 aromatic heterocycles. The van der Waals surface area contributed by atoms with Gasteiger partial charge in [0.1, 0.15) is 5.82 Å². The van der Waals surface area contributed by atoms with Crippen LogP contribution in [0.5, 0.6) is 0 Å². The molecule has 20 heavy (non-hydrogen) atoms. The summed E-state index contributed by atoms with van der Waals surface area (Å²) in [4.78, 5) is 20.1. The highest BCUT2D eigenvalue weighted by molar-refractivity contribution is 7.13. The lowest BCUT2D eigenvalue weighted by Crippen LogP contribution is -2.32. The fraction of sp³-hybridized carbons (Fsp3) is 0.308. The number of hydrogen-bond acceptors (Lipinski definition) is 5. The van der Waals surface area contributed by atoms with Crippen LogP contribution in [0, 0.1) is 13.8 Å². The first-order valence-corrected chi connectivity index (χ1v) is 7.16. The van der Waals surface area contributed by atoms with E-state index in [2.05, 4.69) is 25.9 Å². The summed E-state index contributed by atoms with van der Waals surface area (Å²) in [6, 6.07) is 5.52. The summed E-state index contributed by atoms with van der Waals surface area (Å²) in [5.74, 6) is 0.808. The van der Waals surface area contributed by atoms with Crippen molar-refractivity contribution in [2.75, 3.05) is 23.7 Å². The van der Waals surface area contributed by atoms with E-state index in [-0.39, 0.29) is 6.03 Å². The van der Waals surface area contributed by atoms with E-state index in [9.17, 15) is 4.79 Å². The molecule has 0 aromatic carbocycles. The number of thiazole rings is 1. The van der Waals surface area contributed by atoms with Crippen LogP contribution in [-0.4, -0.2) is 29.1 Å². The molecule has 0 spiro atoms. The Kier molecular flexibility index (Phi) is 4.89. The van der Waals surface area contributed by atoms with Crippen molar-refractivity contribution in [3.05, 3.63) is 35.0 Å². The average Bonchev–Trinajstić information content (AvgIpc) is 2.80. The molecule has 2 aromatic rings. The Balaban J connectivity index is 1.67. The van der Waals surface area contributed by atoms with Gasteiger partial charge in [-0.1, -0.05) is 6.07 Å². The molecule has 0 aliphatic heterocycles. The third-order valence-corrected chi connectivity index (χ3v) is 3.32. The molecule has 0 fully saturated rings. The van der Waals surface area contributed by atoms with Crippen molar-refractivity contribution in [2.45, 2.75) is 13.8 Å². The number of hydrogen-bond donors (Lipinski definition) is 3. The van der Waals surface area contributed by atoms with E-state index in [1.165, 1.54) is 11.3 Å². The van der Waals surface area contributed by atoms with Gasteiger partial charge < -0.3 is 10.6 Å². The summed E-state index contributed by atoms with van der Waals surface area (Å²) in [6.07, 6.45) is 0. The third-order valence-electron chi connectivity index (χ3n) is 2.44. The Morgan fingerprint density at radius 3 is 2.75 bits per heavy atom. The van der Waals surface area contributed by atoms with Crippen LogP contribution in [0.2, 0.25) is 0 Å². The molecule has 0 bridgehead atoms. The molecular formula is C13H17N5OS. The normalized spacial score (nSPS) is 10.1. The first-order valence-electron chi connectivity index (χ1n) is 6.28.